The highest BCUT2D eigenvalue weighted by molar-refractivity contribution is 5.77. The number of esters is 1. The fourth-order valence-corrected chi connectivity index (χ4v) is 2.08. The number of carbonyl (C=O) groups is 1. The second kappa shape index (κ2) is 5.10. The molecule has 2 heterocycles. The Balaban J connectivity index is 2.03. The quantitative estimate of drug-likeness (QED) is 0.535. The SMILES string of the molecule is COCOC1C(O)C(=O)OC1C1COC(C)(C)O1. The summed E-state index contributed by atoms with van der Waals surface area (Å²) >= 11 is 0. The van der Waals surface area contributed by atoms with Crippen LogP contribution in [0.5, 0.6) is 0 Å². The van der Waals surface area contributed by atoms with Crippen molar-refractivity contribution in [3.05, 3.63) is 0 Å². The smallest absolute Gasteiger partial charge is 0.338 e. The standard InChI is InChI=1S/C11H18O7/c1-11(2)16-4-6(18-11)8-9(15-5-14-3)7(12)10(13)17-8/h6-9,12H,4-5H2,1-3H3. The van der Waals surface area contributed by atoms with Crippen molar-refractivity contribution in [2.24, 2.45) is 0 Å². The minimum Gasteiger partial charge on any atom is -0.455 e. The highest BCUT2D eigenvalue weighted by Crippen LogP contribution is 2.31. The minimum atomic E-state index is -1.32. The third-order valence-corrected chi connectivity index (χ3v) is 2.90. The van der Waals surface area contributed by atoms with Crippen molar-refractivity contribution in [3.63, 3.8) is 0 Å². The molecule has 4 unspecified atom stereocenters. The van der Waals surface area contributed by atoms with Gasteiger partial charge in [-0.15, -0.1) is 0 Å². The maximum atomic E-state index is 11.4. The fraction of sp³-hybridized carbons (Fsp3) is 0.909. The second-order valence-electron chi connectivity index (χ2n) is 4.75. The fourth-order valence-electron chi connectivity index (χ4n) is 2.08. The normalized spacial score (nSPS) is 39.0. The summed E-state index contributed by atoms with van der Waals surface area (Å²) in [4.78, 5) is 11.4. The summed E-state index contributed by atoms with van der Waals surface area (Å²) in [5.74, 6) is -1.44. The molecule has 0 spiro atoms. The number of cyclic esters (lactones) is 1. The number of rotatable bonds is 4. The van der Waals surface area contributed by atoms with Crippen LogP contribution in [-0.2, 0) is 28.5 Å². The Morgan fingerprint density at radius 1 is 1.50 bits per heavy atom. The average molecular weight is 262 g/mol. The molecule has 1 N–H and O–H groups in total. The van der Waals surface area contributed by atoms with Gasteiger partial charge in [0.2, 0.25) is 0 Å². The average Bonchev–Trinajstić information content (AvgIpc) is 2.79. The first-order valence-corrected chi connectivity index (χ1v) is 5.75. The number of aliphatic hydroxyl groups excluding tert-OH is 1. The summed E-state index contributed by atoms with van der Waals surface area (Å²) in [6, 6.07) is 0. The predicted octanol–water partition coefficient (Wildman–Crippen LogP) is -0.587. The molecular weight excluding hydrogens is 244 g/mol. The van der Waals surface area contributed by atoms with Crippen molar-refractivity contribution in [2.45, 2.75) is 44.1 Å². The molecule has 2 aliphatic rings. The number of aliphatic hydroxyl groups is 1. The van der Waals surface area contributed by atoms with Gasteiger partial charge in [0.05, 0.1) is 6.61 Å². The van der Waals surface area contributed by atoms with Crippen LogP contribution >= 0.6 is 0 Å². The van der Waals surface area contributed by atoms with E-state index in [1.165, 1.54) is 7.11 Å². The molecule has 2 saturated heterocycles. The molecule has 0 aliphatic carbocycles. The summed E-state index contributed by atoms with van der Waals surface area (Å²) in [6.45, 7) is 3.78. The molecule has 2 fully saturated rings. The lowest BCUT2D eigenvalue weighted by Crippen LogP contribution is -2.42. The molecule has 0 bridgehead atoms. The first-order chi connectivity index (χ1) is 8.44. The maximum Gasteiger partial charge on any atom is 0.338 e. The Kier molecular flexibility index (Phi) is 3.88. The lowest BCUT2D eigenvalue weighted by atomic mass is 10.1. The molecule has 2 aliphatic heterocycles. The van der Waals surface area contributed by atoms with Crippen LogP contribution < -0.4 is 0 Å². The lowest BCUT2D eigenvalue weighted by Gasteiger charge is -2.24. The molecule has 7 nitrogen and oxygen atoms in total. The van der Waals surface area contributed by atoms with Gasteiger partial charge in [0.15, 0.2) is 18.0 Å². The Morgan fingerprint density at radius 3 is 2.78 bits per heavy atom. The van der Waals surface area contributed by atoms with Gasteiger partial charge in [-0.05, 0) is 13.8 Å². The lowest BCUT2D eigenvalue weighted by molar-refractivity contribution is -0.174. The van der Waals surface area contributed by atoms with Gasteiger partial charge in [-0.25, -0.2) is 4.79 Å². The van der Waals surface area contributed by atoms with E-state index in [9.17, 15) is 9.90 Å². The van der Waals surface area contributed by atoms with Gasteiger partial charge < -0.3 is 28.8 Å². The van der Waals surface area contributed by atoms with Crippen molar-refractivity contribution >= 4 is 5.97 Å². The van der Waals surface area contributed by atoms with Crippen LogP contribution in [0.15, 0.2) is 0 Å². The van der Waals surface area contributed by atoms with Crippen LogP contribution in [-0.4, -0.2) is 61.8 Å². The van der Waals surface area contributed by atoms with E-state index in [2.05, 4.69) is 0 Å². The van der Waals surface area contributed by atoms with Crippen LogP contribution in [0.3, 0.4) is 0 Å². The molecule has 0 aromatic carbocycles. The first-order valence-electron chi connectivity index (χ1n) is 5.75. The summed E-state index contributed by atoms with van der Waals surface area (Å²) in [7, 11) is 1.46. The first kappa shape index (κ1) is 13.7. The molecule has 4 atom stereocenters. The van der Waals surface area contributed by atoms with Gasteiger partial charge in [0.25, 0.3) is 0 Å². The summed E-state index contributed by atoms with van der Waals surface area (Å²) in [6.07, 6.45) is -3.27. The van der Waals surface area contributed by atoms with Crippen LogP contribution in [0.25, 0.3) is 0 Å². The van der Waals surface area contributed by atoms with E-state index in [1.54, 1.807) is 13.8 Å². The van der Waals surface area contributed by atoms with Crippen molar-refractivity contribution in [3.8, 4) is 0 Å². The van der Waals surface area contributed by atoms with Crippen molar-refractivity contribution < 1.29 is 33.6 Å². The maximum absolute atomic E-state index is 11.4. The van der Waals surface area contributed by atoms with Crippen LogP contribution in [0.2, 0.25) is 0 Å². The number of ether oxygens (including phenoxy) is 5. The molecule has 0 aromatic rings. The van der Waals surface area contributed by atoms with E-state index >= 15 is 0 Å². The molecule has 0 aromatic heterocycles. The number of hydrogen-bond donors (Lipinski definition) is 1. The van der Waals surface area contributed by atoms with Gasteiger partial charge in [0.1, 0.15) is 19.0 Å². The molecule has 2 rings (SSSR count). The highest BCUT2D eigenvalue weighted by Gasteiger charge is 2.52. The zero-order chi connectivity index (χ0) is 13.3. The van der Waals surface area contributed by atoms with E-state index in [1.807, 2.05) is 0 Å². The van der Waals surface area contributed by atoms with Crippen molar-refractivity contribution in [1.29, 1.82) is 0 Å². The molecular formula is C11H18O7. The monoisotopic (exact) mass is 262 g/mol. The van der Waals surface area contributed by atoms with Crippen molar-refractivity contribution in [2.75, 3.05) is 20.5 Å². The largest absolute Gasteiger partial charge is 0.455 e. The van der Waals surface area contributed by atoms with Gasteiger partial charge >= 0.3 is 5.97 Å². The van der Waals surface area contributed by atoms with E-state index in [4.69, 9.17) is 23.7 Å². The zero-order valence-corrected chi connectivity index (χ0v) is 10.6. The molecule has 18 heavy (non-hydrogen) atoms. The highest BCUT2D eigenvalue weighted by atomic mass is 16.8. The van der Waals surface area contributed by atoms with Gasteiger partial charge in [-0.2, -0.15) is 0 Å². The summed E-state index contributed by atoms with van der Waals surface area (Å²) in [5, 5.41) is 9.69. The van der Waals surface area contributed by atoms with Crippen LogP contribution in [0.1, 0.15) is 13.8 Å². The van der Waals surface area contributed by atoms with E-state index < -0.39 is 36.2 Å². The molecule has 0 saturated carbocycles. The van der Waals surface area contributed by atoms with E-state index in [0.29, 0.717) is 0 Å². The molecule has 0 amide bonds. The molecule has 7 heteroatoms. The van der Waals surface area contributed by atoms with Crippen LogP contribution in [0.4, 0.5) is 0 Å². The Morgan fingerprint density at radius 2 is 2.22 bits per heavy atom. The minimum absolute atomic E-state index is 0.0359. The second-order valence-corrected chi connectivity index (χ2v) is 4.75. The zero-order valence-electron chi connectivity index (χ0n) is 10.6. The Bertz CT molecular complexity index is 317. The van der Waals surface area contributed by atoms with Gasteiger partial charge in [0, 0.05) is 7.11 Å². The predicted molar refractivity (Wildman–Crippen MR) is 57.5 cm³/mol. The van der Waals surface area contributed by atoms with E-state index in [0.717, 1.165) is 0 Å². The number of methoxy groups -OCH3 is 1. The number of hydrogen-bond acceptors (Lipinski definition) is 7. The Labute approximate surface area is 105 Å². The summed E-state index contributed by atoms with van der Waals surface area (Å²) < 4.78 is 26.1. The third-order valence-electron chi connectivity index (χ3n) is 2.90. The number of carbonyl (C=O) groups excluding carboxylic acids is 1. The van der Waals surface area contributed by atoms with Crippen molar-refractivity contribution in [1.82, 2.24) is 0 Å². The Hall–Kier alpha value is -0.730. The van der Waals surface area contributed by atoms with Gasteiger partial charge in [-0.1, -0.05) is 0 Å². The topological polar surface area (TPSA) is 83.5 Å². The van der Waals surface area contributed by atoms with Gasteiger partial charge in [-0.3, -0.25) is 0 Å². The van der Waals surface area contributed by atoms with E-state index in [-0.39, 0.29) is 13.4 Å². The third kappa shape index (κ3) is 2.65. The van der Waals surface area contributed by atoms with Crippen LogP contribution in [0, 0.1) is 0 Å². The molecule has 0 radical (unpaired) electrons. The summed E-state index contributed by atoms with van der Waals surface area (Å²) in [5.41, 5.74) is 0. The molecule has 104 valence electrons.